The molecule has 1 aliphatic carbocycles. The highest BCUT2D eigenvalue weighted by molar-refractivity contribution is 7.90. The Morgan fingerprint density at radius 3 is 2.56 bits per heavy atom. The molecule has 2 atom stereocenters. The SMILES string of the molecule is CCCCOC1CC(NC(=NC)NCCOCCS(C)(=O)=O)C1(C)C. The summed E-state index contributed by atoms with van der Waals surface area (Å²) < 4.78 is 33.3. The summed E-state index contributed by atoms with van der Waals surface area (Å²) in [5.41, 5.74) is 0.0668. The molecule has 7 nitrogen and oxygen atoms in total. The molecule has 25 heavy (non-hydrogen) atoms. The second-order valence-corrected chi connectivity index (χ2v) is 9.47. The summed E-state index contributed by atoms with van der Waals surface area (Å²) in [5, 5.41) is 6.63. The maximum absolute atomic E-state index is 11.0. The highest BCUT2D eigenvalue weighted by atomic mass is 32.2. The Labute approximate surface area is 152 Å². The summed E-state index contributed by atoms with van der Waals surface area (Å²) in [7, 11) is -1.23. The van der Waals surface area contributed by atoms with Crippen molar-refractivity contribution in [2.24, 2.45) is 10.4 Å². The van der Waals surface area contributed by atoms with Crippen LogP contribution in [0.2, 0.25) is 0 Å². The van der Waals surface area contributed by atoms with Crippen molar-refractivity contribution in [2.45, 2.75) is 52.2 Å². The standard InChI is InChI=1S/C17H35N3O4S/c1-6-7-9-24-15-13-14(17(15,2)3)20-16(18-4)19-8-10-23-11-12-25(5,21)22/h14-15H,6-13H2,1-5H3,(H2,18,19,20). The van der Waals surface area contributed by atoms with Crippen LogP contribution in [0.4, 0.5) is 0 Å². The summed E-state index contributed by atoms with van der Waals surface area (Å²) in [4.78, 5) is 4.24. The Bertz CT molecular complexity index is 520. The zero-order valence-electron chi connectivity index (χ0n) is 16.3. The van der Waals surface area contributed by atoms with Crippen molar-refractivity contribution in [2.75, 3.05) is 45.4 Å². The Morgan fingerprint density at radius 1 is 1.28 bits per heavy atom. The first-order valence-electron chi connectivity index (χ1n) is 9.05. The summed E-state index contributed by atoms with van der Waals surface area (Å²) in [5.74, 6) is 0.784. The van der Waals surface area contributed by atoms with Crippen LogP contribution in [0.15, 0.2) is 4.99 Å². The summed E-state index contributed by atoms with van der Waals surface area (Å²) in [6.07, 6.45) is 4.72. The quantitative estimate of drug-likeness (QED) is 0.319. The van der Waals surface area contributed by atoms with Crippen LogP contribution in [0.25, 0.3) is 0 Å². The van der Waals surface area contributed by atoms with Crippen LogP contribution < -0.4 is 10.6 Å². The minimum atomic E-state index is -2.96. The second-order valence-electron chi connectivity index (χ2n) is 7.21. The van der Waals surface area contributed by atoms with Crippen LogP contribution in [0.5, 0.6) is 0 Å². The fraction of sp³-hybridized carbons (Fsp3) is 0.941. The molecule has 0 aliphatic heterocycles. The summed E-state index contributed by atoms with van der Waals surface area (Å²) in [6.45, 7) is 8.66. The van der Waals surface area contributed by atoms with Gasteiger partial charge in [0.25, 0.3) is 0 Å². The maximum Gasteiger partial charge on any atom is 0.191 e. The van der Waals surface area contributed by atoms with Crippen LogP contribution in [-0.4, -0.2) is 71.9 Å². The Hall–Kier alpha value is -0.860. The molecule has 0 aromatic rings. The minimum Gasteiger partial charge on any atom is -0.379 e. The molecule has 0 saturated heterocycles. The molecule has 1 saturated carbocycles. The van der Waals surface area contributed by atoms with E-state index in [0.717, 1.165) is 31.8 Å². The van der Waals surface area contributed by atoms with E-state index in [9.17, 15) is 8.42 Å². The molecule has 0 radical (unpaired) electrons. The normalized spacial score (nSPS) is 23.2. The van der Waals surface area contributed by atoms with Crippen LogP contribution in [0, 0.1) is 5.41 Å². The van der Waals surface area contributed by atoms with E-state index in [1.165, 1.54) is 6.26 Å². The first-order valence-corrected chi connectivity index (χ1v) is 11.1. The number of sulfone groups is 1. The predicted octanol–water partition coefficient (Wildman–Crippen LogP) is 1.20. The Balaban J connectivity index is 2.24. The molecule has 148 valence electrons. The lowest BCUT2D eigenvalue weighted by atomic mass is 9.64. The molecule has 0 aromatic heterocycles. The molecule has 1 rings (SSSR count). The van der Waals surface area contributed by atoms with Crippen molar-refractivity contribution in [3.63, 3.8) is 0 Å². The third-order valence-corrected chi connectivity index (χ3v) is 5.57. The van der Waals surface area contributed by atoms with Crippen molar-refractivity contribution in [1.29, 1.82) is 0 Å². The predicted molar refractivity (Wildman–Crippen MR) is 102 cm³/mol. The average Bonchev–Trinajstić information content (AvgIpc) is 2.53. The fourth-order valence-corrected chi connectivity index (χ4v) is 3.12. The topological polar surface area (TPSA) is 89.0 Å². The van der Waals surface area contributed by atoms with E-state index in [-0.39, 0.29) is 23.9 Å². The molecule has 2 N–H and O–H groups in total. The maximum atomic E-state index is 11.0. The van der Waals surface area contributed by atoms with Crippen molar-refractivity contribution in [3.05, 3.63) is 0 Å². The number of rotatable bonds is 11. The van der Waals surface area contributed by atoms with E-state index in [1.54, 1.807) is 7.05 Å². The molecular weight excluding hydrogens is 342 g/mol. The number of unbranched alkanes of at least 4 members (excludes halogenated alkanes) is 1. The first kappa shape index (κ1) is 22.2. The molecule has 0 spiro atoms. The molecule has 8 heteroatoms. The van der Waals surface area contributed by atoms with E-state index in [0.29, 0.717) is 19.2 Å². The van der Waals surface area contributed by atoms with Gasteiger partial charge >= 0.3 is 0 Å². The van der Waals surface area contributed by atoms with Crippen LogP contribution in [0.3, 0.4) is 0 Å². The van der Waals surface area contributed by atoms with Crippen molar-refractivity contribution in [3.8, 4) is 0 Å². The van der Waals surface area contributed by atoms with Gasteiger partial charge in [-0.05, 0) is 12.8 Å². The van der Waals surface area contributed by atoms with Crippen molar-refractivity contribution in [1.82, 2.24) is 10.6 Å². The van der Waals surface area contributed by atoms with Gasteiger partial charge in [-0.3, -0.25) is 4.99 Å². The van der Waals surface area contributed by atoms with Crippen LogP contribution in [0.1, 0.15) is 40.0 Å². The molecule has 2 unspecified atom stereocenters. The van der Waals surface area contributed by atoms with E-state index in [1.807, 2.05) is 0 Å². The lowest BCUT2D eigenvalue weighted by Crippen LogP contribution is -2.63. The Kier molecular flexibility index (Phi) is 9.16. The van der Waals surface area contributed by atoms with Gasteiger partial charge in [0, 0.05) is 37.9 Å². The monoisotopic (exact) mass is 377 g/mol. The van der Waals surface area contributed by atoms with Gasteiger partial charge in [0.1, 0.15) is 9.84 Å². The van der Waals surface area contributed by atoms with Gasteiger partial charge in [0.2, 0.25) is 0 Å². The van der Waals surface area contributed by atoms with Gasteiger partial charge in [0.15, 0.2) is 5.96 Å². The first-order chi connectivity index (χ1) is 11.7. The number of ether oxygens (including phenoxy) is 2. The van der Waals surface area contributed by atoms with E-state index >= 15 is 0 Å². The molecule has 1 aliphatic rings. The minimum absolute atomic E-state index is 0.0512. The largest absolute Gasteiger partial charge is 0.379 e. The number of nitrogens with one attached hydrogen (secondary N) is 2. The Morgan fingerprint density at radius 2 is 2.00 bits per heavy atom. The molecule has 0 bridgehead atoms. The number of nitrogens with zero attached hydrogens (tertiary/aromatic N) is 1. The lowest BCUT2D eigenvalue weighted by molar-refractivity contribution is -0.113. The molecule has 0 heterocycles. The van der Waals surface area contributed by atoms with Crippen molar-refractivity contribution >= 4 is 15.8 Å². The molecule has 1 fully saturated rings. The average molecular weight is 378 g/mol. The highest BCUT2D eigenvalue weighted by Gasteiger charge is 2.49. The van der Waals surface area contributed by atoms with Gasteiger partial charge in [0.05, 0.1) is 25.1 Å². The van der Waals surface area contributed by atoms with Crippen LogP contribution in [-0.2, 0) is 19.3 Å². The summed E-state index contributed by atoms with van der Waals surface area (Å²) >= 11 is 0. The van der Waals surface area contributed by atoms with Gasteiger partial charge in [-0.25, -0.2) is 8.42 Å². The highest BCUT2D eigenvalue weighted by Crippen LogP contribution is 2.42. The van der Waals surface area contributed by atoms with Gasteiger partial charge in [-0.15, -0.1) is 0 Å². The lowest BCUT2D eigenvalue weighted by Gasteiger charge is -2.52. The molecule has 0 aromatic carbocycles. The summed E-state index contributed by atoms with van der Waals surface area (Å²) in [6, 6.07) is 0.316. The second kappa shape index (κ2) is 10.3. The number of aliphatic imine (C=N–C) groups is 1. The number of guanidine groups is 1. The molecule has 0 amide bonds. The van der Waals surface area contributed by atoms with E-state index in [2.05, 4.69) is 36.4 Å². The van der Waals surface area contributed by atoms with Gasteiger partial charge in [-0.2, -0.15) is 0 Å². The third-order valence-electron chi connectivity index (χ3n) is 4.67. The van der Waals surface area contributed by atoms with E-state index in [4.69, 9.17) is 9.47 Å². The van der Waals surface area contributed by atoms with Crippen LogP contribution >= 0.6 is 0 Å². The smallest absolute Gasteiger partial charge is 0.191 e. The third kappa shape index (κ3) is 7.92. The van der Waals surface area contributed by atoms with Crippen molar-refractivity contribution < 1.29 is 17.9 Å². The number of hydrogen-bond acceptors (Lipinski definition) is 5. The fourth-order valence-electron chi connectivity index (χ4n) is 2.70. The van der Waals surface area contributed by atoms with E-state index < -0.39 is 9.84 Å². The number of hydrogen-bond donors (Lipinski definition) is 2. The molecular formula is C17H35N3O4S. The van der Waals surface area contributed by atoms with Gasteiger partial charge < -0.3 is 20.1 Å². The zero-order valence-corrected chi connectivity index (χ0v) is 17.1. The van der Waals surface area contributed by atoms with Gasteiger partial charge in [-0.1, -0.05) is 27.2 Å². The zero-order chi connectivity index (χ0) is 18.9.